The zero-order chi connectivity index (χ0) is 10.7. The molecule has 0 aromatic carbocycles. The summed E-state index contributed by atoms with van der Waals surface area (Å²) in [5, 5.41) is 12.0. The van der Waals surface area contributed by atoms with Crippen LogP contribution in [-0.4, -0.2) is 23.2 Å². The van der Waals surface area contributed by atoms with Crippen molar-refractivity contribution in [2.24, 2.45) is 11.8 Å². The van der Waals surface area contributed by atoms with Crippen molar-refractivity contribution >= 4 is 5.97 Å². The highest BCUT2D eigenvalue weighted by molar-refractivity contribution is 5.72. The van der Waals surface area contributed by atoms with Crippen molar-refractivity contribution in [3.8, 4) is 0 Å². The molecule has 3 atom stereocenters. The summed E-state index contributed by atoms with van der Waals surface area (Å²) >= 11 is 0. The summed E-state index contributed by atoms with van der Waals surface area (Å²) < 4.78 is 0. The first-order valence-electron chi connectivity index (χ1n) is 5.48. The monoisotopic (exact) mass is 199 g/mol. The van der Waals surface area contributed by atoms with Gasteiger partial charge in [0.15, 0.2) is 0 Å². The van der Waals surface area contributed by atoms with Crippen molar-refractivity contribution in [1.82, 2.24) is 5.32 Å². The first-order chi connectivity index (χ1) is 6.49. The number of rotatable bonds is 3. The van der Waals surface area contributed by atoms with Gasteiger partial charge < -0.3 is 10.4 Å². The van der Waals surface area contributed by atoms with Crippen molar-refractivity contribution in [1.29, 1.82) is 0 Å². The highest BCUT2D eigenvalue weighted by atomic mass is 16.4. The fourth-order valence-corrected chi connectivity index (χ4v) is 2.51. The van der Waals surface area contributed by atoms with E-state index in [9.17, 15) is 4.79 Å². The molecule has 2 N–H and O–H groups in total. The maximum Gasteiger partial charge on any atom is 0.320 e. The molecule has 1 aliphatic carbocycles. The zero-order valence-electron chi connectivity index (χ0n) is 9.29. The van der Waals surface area contributed by atoms with Gasteiger partial charge in [-0.2, -0.15) is 0 Å². The summed E-state index contributed by atoms with van der Waals surface area (Å²) in [5.74, 6) is 0.686. The summed E-state index contributed by atoms with van der Waals surface area (Å²) in [6, 6.07) is -0.0302. The van der Waals surface area contributed by atoms with E-state index in [1.165, 1.54) is 6.42 Å². The summed E-state index contributed by atoms with van der Waals surface area (Å²) in [7, 11) is 0. The normalized spacial score (nSPS) is 35.2. The second-order valence-electron chi connectivity index (χ2n) is 4.84. The van der Waals surface area contributed by atoms with Crippen molar-refractivity contribution in [2.45, 2.75) is 52.1 Å². The van der Waals surface area contributed by atoms with Crippen molar-refractivity contribution in [3.05, 3.63) is 0 Å². The maximum atomic E-state index is 10.7. The summed E-state index contributed by atoms with van der Waals surface area (Å²) in [6.45, 7) is 6.21. The second kappa shape index (κ2) is 4.78. The Labute approximate surface area is 85.9 Å². The first-order valence-corrected chi connectivity index (χ1v) is 5.48. The van der Waals surface area contributed by atoms with Gasteiger partial charge in [0.05, 0.1) is 0 Å². The van der Waals surface area contributed by atoms with Crippen LogP contribution in [0.2, 0.25) is 0 Å². The van der Waals surface area contributed by atoms with Gasteiger partial charge in [-0.05, 0) is 38.0 Å². The Morgan fingerprint density at radius 1 is 1.29 bits per heavy atom. The molecule has 14 heavy (non-hydrogen) atoms. The van der Waals surface area contributed by atoms with Crippen LogP contribution in [0.25, 0.3) is 0 Å². The predicted octanol–water partition coefficient (Wildman–Crippen LogP) is 1.87. The zero-order valence-corrected chi connectivity index (χ0v) is 9.29. The van der Waals surface area contributed by atoms with Gasteiger partial charge in [-0.3, -0.25) is 4.79 Å². The average Bonchev–Trinajstić information content (AvgIpc) is 2.01. The highest BCUT2D eigenvalue weighted by Crippen LogP contribution is 2.28. The van der Waals surface area contributed by atoms with Gasteiger partial charge in [0.1, 0.15) is 6.04 Å². The van der Waals surface area contributed by atoms with Crippen LogP contribution >= 0.6 is 0 Å². The van der Waals surface area contributed by atoms with Gasteiger partial charge in [-0.25, -0.2) is 0 Å². The minimum absolute atomic E-state index is 0.389. The van der Waals surface area contributed by atoms with Crippen molar-refractivity contribution in [3.63, 3.8) is 0 Å². The number of aliphatic carboxylic acids is 1. The minimum atomic E-state index is -0.754. The standard InChI is InChI=1S/C11H21NO2/c1-7-4-8(2)6-10(5-7)12-9(3)11(13)14/h7-10,12H,4-6H2,1-3H3,(H,13,14). The highest BCUT2D eigenvalue weighted by Gasteiger charge is 2.25. The van der Waals surface area contributed by atoms with E-state index in [4.69, 9.17) is 5.11 Å². The lowest BCUT2D eigenvalue weighted by atomic mass is 9.80. The molecule has 0 saturated heterocycles. The first kappa shape index (κ1) is 11.5. The lowest BCUT2D eigenvalue weighted by Gasteiger charge is -2.33. The fourth-order valence-electron chi connectivity index (χ4n) is 2.51. The number of hydrogen-bond acceptors (Lipinski definition) is 2. The predicted molar refractivity (Wildman–Crippen MR) is 56.2 cm³/mol. The van der Waals surface area contributed by atoms with E-state index in [0.717, 1.165) is 24.7 Å². The number of hydrogen-bond donors (Lipinski definition) is 2. The maximum absolute atomic E-state index is 10.7. The molecule has 0 heterocycles. The Bertz CT molecular complexity index is 195. The quantitative estimate of drug-likeness (QED) is 0.729. The smallest absolute Gasteiger partial charge is 0.320 e. The van der Waals surface area contributed by atoms with Crippen molar-refractivity contribution < 1.29 is 9.90 Å². The molecule has 1 fully saturated rings. The molecule has 0 aliphatic heterocycles. The van der Waals surface area contributed by atoms with Crippen LogP contribution in [0.1, 0.15) is 40.0 Å². The molecule has 0 spiro atoms. The Hall–Kier alpha value is -0.570. The van der Waals surface area contributed by atoms with Crippen LogP contribution in [0.15, 0.2) is 0 Å². The van der Waals surface area contributed by atoms with Gasteiger partial charge in [0.2, 0.25) is 0 Å². The molecule has 0 radical (unpaired) electrons. The summed E-state index contributed by atoms with van der Waals surface area (Å²) in [5.41, 5.74) is 0. The molecule has 3 heteroatoms. The van der Waals surface area contributed by atoms with E-state index in [2.05, 4.69) is 19.2 Å². The molecule has 0 aromatic rings. The van der Waals surface area contributed by atoms with Crippen LogP contribution < -0.4 is 5.32 Å². The van der Waals surface area contributed by atoms with Gasteiger partial charge in [-0.1, -0.05) is 13.8 Å². The Morgan fingerprint density at radius 2 is 1.79 bits per heavy atom. The van der Waals surface area contributed by atoms with E-state index < -0.39 is 12.0 Å². The molecule has 3 nitrogen and oxygen atoms in total. The molecule has 1 saturated carbocycles. The molecule has 3 unspecified atom stereocenters. The van der Waals surface area contributed by atoms with Gasteiger partial charge in [-0.15, -0.1) is 0 Å². The SMILES string of the molecule is CC1CC(C)CC(NC(C)C(=O)O)C1. The van der Waals surface area contributed by atoms with Gasteiger partial charge >= 0.3 is 5.97 Å². The molecule has 0 aromatic heterocycles. The Kier molecular flexibility index (Phi) is 3.93. The summed E-state index contributed by atoms with van der Waals surface area (Å²) in [6.07, 6.45) is 3.50. The fraction of sp³-hybridized carbons (Fsp3) is 0.909. The van der Waals surface area contributed by atoms with E-state index in [-0.39, 0.29) is 0 Å². The van der Waals surface area contributed by atoms with Gasteiger partial charge in [0, 0.05) is 6.04 Å². The number of carboxylic acid groups (broad SMARTS) is 1. The summed E-state index contributed by atoms with van der Waals surface area (Å²) in [4.78, 5) is 10.7. The molecule has 0 amide bonds. The molecule has 1 rings (SSSR count). The van der Waals surface area contributed by atoms with Gasteiger partial charge in [0.25, 0.3) is 0 Å². The second-order valence-corrected chi connectivity index (χ2v) is 4.84. The van der Waals surface area contributed by atoms with E-state index in [0.29, 0.717) is 6.04 Å². The lowest BCUT2D eigenvalue weighted by Crippen LogP contribution is -2.44. The van der Waals surface area contributed by atoms with E-state index in [1.807, 2.05) is 0 Å². The third-order valence-corrected chi connectivity index (χ3v) is 3.03. The number of carboxylic acids is 1. The minimum Gasteiger partial charge on any atom is -0.480 e. The molecular weight excluding hydrogens is 178 g/mol. The van der Waals surface area contributed by atoms with Crippen LogP contribution in [0, 0.1) is 11.8 Å². The van der Waals surface area contributed by atoms with E-state index >= 15 is 0 Å². The van der Waals surface area contributed by atoms with Crippen molar-refractivity contribution in [2.75, 3.05) is 0 Å². The third kappa shape index (κ3) is 3.29. The topological polar surface area (TPSA) is 49.3 Å². The third-order valence-electron chi connectivity index (χ3n) is 3.03. The largest absolute Gasteiger partial charge is 0.480 e. The average molecular weight is 199 g/mol. The Balaban J connectivity index is 2.40. The van der Waals surface area contributed by atoms with E-state index in [1.54, 1.807) is 6.92 Å². The lowest BCUT2D eigenvalue weighted by molar-refractivity contribution is -0.139. The Morgan fingerprint density at radius 3 is 2.21 bits per heavy atom. The number of carbonyl (C=O) groups is 1. The van der Waals surface area contributed by atoms with Crippen LogP contribution in [0.3, 0.4) is 0 Å². The van der Waals surface area contributed by atoms with Crippen LogP contribution in [0.4, 0.5) is 0 Å². The molecule has 1 aliphatic rings. The number of nitrogens with one attached hydrogen (secondary N) is 1. The van der Waals surface area contributed by atoms with Crippen LogP contribution in [-0.2, 0) is 4.79 Å². The van der Waals surface area contributed by atoms with Crippen LogP contribution in [0.5, 0.6) is 0 Å². The molecular formula is C11H21NO2. The molecule has 0 bridgehead atoms. The molecule has 82 valence electrons.